The number of nitrogens with zero attached hydrogens (tertiary/aromatic N) is 3. The van der Waals surface area contributed by atoms with Crippen molar-refractivity contribution in [2.75, 3.05) is 14.1 Å². The second-order valence-corrected chi connectivity index (χ2v) is 5.33. The van der Waals surface area contributed by atoms with Gasteiger partial charge in [-0.25, -0.2) is 9.97 Å². The minimum Gasteiger partial charge on any atom is -0.474 e. The lowest BCUT2D eigenvalue weighted by atomic mass is 9.92. The Morgan fingerprint density at radius 2 is 2.00 bits per heavy atom. The highest BCUT2D eigenvalue weighted by atomic mass is 16.5. The average Bonchev–Trinajstić information content (AvgIpc) is 2.89. The van der Waals surface area contributed by atoms with Gasteiger partial charge in [0.1, 0.15) is 17.8 Å². The van der Waals surface area contributed by atoms with Crippen LogP contribution in [0, 0.1) is 0 Å². The summed E-state index contributed by atoms with van der Waals surface area (Å²) < 4.78 is 11.3. The second kappa shape index (κ2) is 5.17. The Labute approximate surface area is 112 Å². The van der Waals surface area contributed by atoms with Crippen molar-refractivity contribution >= 4 is 11.1 Å². The molecule has 102 valence electrons. The van der Waals surface area contributed by atoms with Crippen LogP contribution in [0.4, 0.5) is 0 Å². The molecule has 0 N–H and O–H groups in total. The first-order chi connectivity index (χ1) is 9.24. The zero-order valence-corrected chi connectivity index (χ0v) is 11.4. The summed E-state index contributed by atoms with van der Waals surface area (Å²) in [5, 5.41) is 0.859. The van der Waals surface area contributed by atoms with Crippen molar-refractivity contribution in [1.29, 1.82) is 0 Å². The predicted octanol–water partition coefficient (Wildman–Crippen LogP) is 2.47. The highest BCUT2D eigenvalue weighted by molar-refractivity contribution is 5.78. The molecule has 2 heterocycles. The molecule has 5 heteroatoms. The Hall–Kier alpha value is -1.62. The van der Waals surface area contributed by atoms with E-state index in [0.29, 0.717) is 17.6 Å². The molecular weight excluding hydrogens is 242 g/mol. The number of hydrogen-bond donors (Lipinski definition) is 0. The topological polar surface area (TPSA) is 51.4 Å². The van der Waals surface area contributed by atoms with Crippen molar-refractivity contribution in [3.05, 3.63) is 18.7 Å². The maximum atomic E-state index is 6.03. The van der Waals surface area contributed by atoms with Crippen LogP contribution in [0.25, 0.3) is 11.1 Å². The van der Waals surface area contributed by atoms with Crippen molar-refractivity contribution < 1.29 is 9.15 Å². The number of furan rings is 1. The zero-order chi connectivity index (χ0) is 13.2. The van der Waals surface area contributed by atoms with E-state index < -0.39 is 0 Å². The summed E-state index contributed by atoms with van der Waals surface area (Å²) in [7, 11) is 4.29. The molecule has 0 radical (unpaired) electrons. The first kappa shape index (κ1) is 12.4. The Bertz CT molecular complexity index is 544. The molecule has 2 aromatic heterocycles. The van der Waals surface area contributed by atoms with Gasteiger partial charge in [-0.1, -0.05) is 0 Å². The minimum atomic E-state index is 0.254. The smallest absolute Gasteiger partial charge is 0.232 e. The third kappa shape index (κ3) is 2.56. The molecule has 0 aliphatic heterocycles. The van der Waals surface area contributed by atoms with Crippen LogP contribution in [0.1, 0.15) is 25.7 Å². The van der Waals surface area contributed by atoms with E-state index in [1.165, 1.54) is 19.2 Å². The van der Waals surface area contributed by atoms with Gasteiger partial charge in [0.05, 0.1) is 6.26 Å². The Morgan fingerprint density at radius 1 is 1.21 bits per heavy atom. The van der Waals surface area contributed by atoms with Gasteiger partial charge < -0.3 is 14.1 Å². The average molecular weight is 261 g/mol. The highest BCUT2D eigenvalue weighted by Crippen LogP contribution is 2.28. The molecule has 19 heavy (non-hydrogen) atoms. The van der Waals surface area contributed by atoms with Gasteiger partial charge in [-0.15, -0.1) is 0 Å². The summed E-state index contributed by atoms with van der Waals surface area (Å²) in [5.74, 6) is 0.645. The van der Waals surface area contributed by atoms with Gasteiger partial charge in [0.25, 0.3) is 0 Å². The van der Waals surface area contributed by atoms with E-state index >= 15 is 0 Å². The lowest BCUT2D eigenvalue weighted by Crippen LogP contribution is -2.35. The number of aromatic nitrogens is 2. The van der Waals surface area contributed by atoms with E-state index in [4.69, 9.17) is 9.15 Å². The molecule has 0 aromatic carbocycles. The van der Waals surface area contributed by atoms with Crippen LogP contribution in [0.2, 0.25) is 0 Å². The molecule has 0 spiro atoms. The summed E-state index contributed by atoms with van der Waals surface area (Å²) in [6.07, 6.45) is 7.87. The lowest BCUT2D eigenvalue weighted by molar-refractivity contribution is 0.108. The molecule has 0 saturated heterocycles. The highest BCUT2D eigenvalue weighted by Gasteiger charge is 2.24. The molecule has 1 aliphatic carbocycles. The van der Waals surface area contributed by atoms with Gasteiger partial charge in [0.2, 0.25) is 11.6 Å². The summed E-state index contributed by atoms with van der Waals surface area (Å²) in [4.78, 5) is 10.6. The molecule has 1 fully saturated rings. The predicted molar refractivity (Wildman–Crippen MR) is 72.2 cm³/mol. The van der Waals surface area contributed by atoms with E-state index in [1.807, 2.05) is 6.07 Å². The normalized spacial score (nSPS) is 23.9. The third-order valence-electron chi connectivity index (χ3n) is 3.88. The van der Waals surface area contributed by atoms with E-state index in [2.05, 4.69) is 29.0 Å². The summed E-state index contributed by atoms with van der Waals surface area (Å²) in [6, 6.07) is 2.54. The molecule has 5 nitrogen and oxygen atoms in total. The van der Waals surface area contributed by atoms with Crippen LogP contribution in [0.3, 0.4) is 0 Å². The molecule has 3 rings (SSSR count). The van der Waals surface area contributed by atoms with Gasteiger partial charge in [0.15, 0.2) is 0 Å². The van der Waals surface area contributed by atoms with Crippen LogP contribution in [-0.2, 0) is 0 Å². The van der Waals surface area contributed by atoms with Gasteiger partial charge in [-0.05, 0) is 45.8 Å². The Kier molecular flexibility index (Phi) is 3.38. The second-order valence-electron chi connectivity index (χ2n) is 5.33. The number of ether oxygens (including phenoxy) is 1. The lowest BCUT2D eigenvalue weighted by Gasteiger charge is -2.32. The number of rotatable bonds is 3. The van der Waals surface area contributed by atoms with Crippen LogP contribution in [0.15, 0.2) is 23.1 Å². The maximum absolute atomic E-state index is 6.03. The minimum absolute atomic E-state index is 0.254. The van der Waals surface area contributed by atoms with Crippen LogP contribution < -0.4 is 4.74 Å². The molecule has 0 unspecified atom stereocenters. The summed E-state index contributed by atoms with van der Waals surface area (Å²) >= 11 is 0. The quantitative estimate of drug-likeness (QED) is 0.849. The van der Waals surface area contributed by atoms with Crippen molar-refractivity contribution in [2.24, 2.45) is 0 Å². The summed E-state index contributed by atoms with van der Waals surface area (Å²) in [5.41, 5.74) is 0.590. The van der Waals surface area contributed by atoms with Gasteiger partial charge in [0, 0.05) is 6.04 Å². The van der Waals surface area contributed by atoms with Crippen LogP contribution in [-0.4, -0.2) is 41.1 Å². The third-order valence-corrected chi connectivity index (χ3v) is 3.88. The van der Waals surface area contributed by atoms with Crippen LogP contribution in [0.5, 0.6) is 5.88 Å². The SMILES string of the molecule is CN(C)C1CCC(Oc2ncnc3occc23)CC1. The molecule has 0 atom stereocenters. The molecule has 0 bridgehead atoms. The van der Waals surface area contributed by atoms with Gasteiger partial charge in [-0.2, -0.15) is 0 Å². The molecule has 1 saturated carbocycles. The van der Waals surface area contributed by atoms with Gasteiger partial charge >= 0.3 is 0 Å². The van der Waals surface area contributed by atoms with Crippen molar-refractivity contribution in [2.45, 2.75) is 37.8 Å². The van der Waals surface area contributed by atoms with E-state index in [9.17, 15) is 0 Å². The van der Waals surface area contributed by atoms with E-state index in [1.54, 1.807) is 6.26 Å². The van der Waals surface area contributed by atoms with Crippen molar-refractivity contribution in [3.8, 4) is 5.88 Å². The fourth-order valence-corrected chi connectivity index (χ4v) is 2.70. The maximum Gasteiger partial charge on any atom is 0.232 e. The molecular formula is C14H19N3O2. The standard InChI is InChI=1S/C14H19N3O2/c1-17(2)10-3-5-11(6-4-10)19-14-12-7-8-18-13(12)15-9-16-14/h7-11H,3-6H2,1-2H3. The van der Waals surface area contributed by atoms with Gasteiger partial charge in [-0.3, -0.25) is 0 Å². The Balaban J connectivity index is 1.68. The number of fused-ring (bicyclic) bond motifs is 1. The van der Waals surface area contributed by atoms with E-state index in [-0.39, 0.29) is 6.10 Å². The molecule has 0 amide bonds. The number of hydrogen-bond acceptors (Lipinski definition) is 5. The van der Waals surface area contributed by atoms with Crippen molar-refractivity contribution in [3.63, 3.8) is 0 Å². The zero-order valence-electron chi connectivity index (χ0n) is 11.4. The molecule has 2 aromatic rings. The Morgan fingerprint density at radius 3 is 2.74 bits per heavy atom. The fraction of sp³-hybridized carbons (Fsp3) is 0.571. The first-order valence-electron chi connectivity index (χ1n) is 6.75. The van der Waals surface area contributed by atoms with E-state index in [0.717, 1.165) is 18.2 Å². The summed E-state index contributed by atoms with van der Waals surface area (Å²) in [6.45, 7) is 0. The largest absolute Gasteiger partial charge is 0.474 e. The fourth-order valence-electron chi connectivity index (χ4n) is 2.70. The molecule has 1 aliphatic rings. The van der Waals surface area contributed by atoms with Crippen LogP contribution >= 0.6 is 0 Å². The van der Waals surface area contributed by atoms with Crippen molar-refractivity contribution in [1.82, 2.24) is 14.9 Å². The first-order valence-corrected chi connectivity index (χ1v) is 6.75. The monoisotopic (exact) mass is 261 g/mol.